The average molecular weight is 719 g/mol. The van der Waals surface area contributed by atoms with Crippen LogP contribution in [0, 0.1) is 0 Å². The molecule has 0 atom stereocenters. The highest BCUT2D eigenvalue weighted by molar-refractivity contribution is 7.26. The number of benzene rings is 8. The molecule has 0 saturated carbocycles. The summed E-state index contributed by atoms with van der Waals surface area (Å²) in [5, 5.41) is 8.94. The summed E-state index contributed by atoms with van der Waals surface area (Å²) in [6, 6.07) is 59.3. The van der Waals surface area contributed by atoms with Gasteiger partial charge in [0.2, 0.25) is 0 Å². The lowest BCUT2D eigenvalue weighted by molar-refractivity contribution is 1.04. The number of hydrogen-bond acceptors (Lipinski definition) is 3. The Bertz CT molecular complexity index is 3170. The Hall–Kier alpha value is -6.68. The summed E-state index contributed by atoms with van der Waals surface area (Å²) in [6.45, 7) is 0. The maximum absolute atomic E-state index is 5.32. The molecule has 2 aromatic heterocycles. The molecule has 10 aromatic rings. The molecule has 0 radical (unpaired) electrons. The highest BCUT2D eigenvalue weighted by Gasteiger charge is 2.20. The zero-order valence-corrected chi connectivity index (χ0v) is 30.9. The van der Waals surface area contributed by atoms with E-state index in [1.165, 1.54) is 70.2 Å². The fourth-order valence-electron chi connectivity index (χ4n) is 8.46. The first-order valence-electron chi connectivity index (χ1n) is 19.0. The predicted octanol–water partition coefficient (Wildman–Crippen LogP) is 14.7. The van der Waals surface area contributed by atoms with Crippen molar-refractivity contribution in [3.05, 3.63) is 188 Å². The minimum atomic E-state index is 0.745. The van der Waals surface area contributed by atoms with E-state index in [4.69, 9.17) is 9.97 Å². The van der Waals surface area contributed by atoms with Crippen LogP contribution in [0.4, 0.5) is 0 Å². The molecule has 0 aliphatic heterocycles. The van der Waals surface area contributed by atoms with Crippen LogP contribution >= 0.6 is 11.3 Å². The van der Waals surface area contributed by atoms with Gasteiger partial charge in [0.15, 0.2) is 5.82 Å². The van der Waals surface area contributed by atoms with Crippen molar-refractivity contribution in [1.29, 1.82) is 0 Å². The van der Waals surface area contributed by atoms with E-state index in [2.05, 4.69) is 176 Å². The highest BCUT2D eigenvalue weighted by Crippen LogP contribution is 2.44. The number of thiophene rings is 1. The molecule has 258 valence electrons. The van der Waals surface area contributed by atoms with E-state index in [0.29, 0.717) is 0 Å². The Morgan fingerprint density at radius 1 is 0.436 bits per heavy atom. The molecule has 8 aromatic carbocycles. The van der Waals surface area contributed by atoms with E-state index in [1.807, 2.05) is 6.07 Å². The Kier molecular flexibility index (Phi) is 7.53. The van der Waals surface area contributed by atoms with E-state index < -0.39 is 0 Å². The van der Waals surface area contributed by atoms with E-state index in [0.717, 1.165) is 51.3 Å². The molecule has 1 aliphatic carbocycles. The zero-order valence-electron chi connectivity index (χ0n) is 30.0. The van der Waals surface area contributed by atoms with Gasteiger partial charge in [0.05, 0.1) is 15.9 Å². The molecule has 1 aliphatic rings. The summed E-state index contributed by atoms with van der Waals surface area (Å²) < 4.78 is 2.34. The van der Waals surface area contributed by atoms with Crippen LogP contribution in [0.3, 0.4) is 0 Å². The lowest BCUT2D eigenvalue weighted by Gasteiger charge is -2.13. The molecule has 0 amide bonds. The van der Waals surface area contributed by atoms with Crippen molar-refractivity contribution < 1.29 is 0 Å². The van der Waals surface area contributed by atoms with Gasteiger partial charge < -0.3 is 0 Å². The van der Waals surface area contributed by atoms with Crippen LogP contribution < -0.4 is 0 Å². The summed E-state index contributed by atoms with van der Waals surface area (Å²) in [5.41, 5.74) is 11.3. The van der Waals surface area contributed by atoms with E-state index >= 15 is 0 Å². The molecule has 2 heterocycles. The molecule has 0 saturated heterocycles. The molecule has 0 unspecified atom stereocenters. The fourth-order valence-corrected chi connectivity index (χ4v) is 9.64. The normalized spacial score (nSPS) is 13.0. The third-order valence-corrected chi connectivity index (χ3v) is 12.2. The Morgan fingerprint density at radius 3 is 1.71 bits per heavy atom. The van der Waals surface area contributed by atoms with Crippen LogP contribution in [0.5, 0.6) is 0 Å². The number of fused-ring (bicyclic) bond motifs is 9. The van der Waals surface area contributed by atoms with Gasteiger partial charge in [0.25, 0.3) is 0 Å². The van der Waals surface area contributed by atoms with Gasteiger partial charge in [-0.05, 0) is 103 Å². The second kappa shape index (κ2) is 13.0. The van der Waals surface area contributed by atoms with Gasteiger partial charge in [-0.2, -0.15) is 0 Å². The topological polar surface area (TPSA) is 25.8 Å². The molecule has 0 fully saturated rings. The fraction of sp³-hybridized carbons (Fsp3) is 0.0385. The highest BCUT2D eigenvalue weighted by atomic mass is 32.1. The van der Waals surface area contributed by atoms with Gasteiger partial charge in [-0.25, -0.2) is 9.97 Å². The Balaban J connectivity index is 1.06. The molecule has 3 heteroatoms. The second-order valence-electron chi connectivity index (χ2n) is 14.4. The van der Waals surface area contributed by atoms with Crippen molar-refractivity contribution in [1.82, 2.24) is 9.97 Å². The molecule has 0 spiro atoms. The summed E-state index contributed by atoms with van der Waals surface area (Å²) in [5.74, 6) is 0.745. The summed E-state index contributed by atoms with van der Waals surface area (Å²) >= 11 is 1.79. The first-order valence-corrected chi connectivity index (χ1v) is 19.8. The standard InChI is InChI=1S/C52H34N2S/c1-3-14-33(15-4-1)40-26-13-27-47-48(40)50-51(55-47)49(53-52(54-50)34-16-5-2-6-17-34)39-21-12-20-37(31-39)35-18-11-19-36(30-35)38-28-29-45-43-24-8-7-22-41(43)42-23-9-10-25-44(42)46(45)32-38/h2-3,5-32H,1,4H2. The SMILES string of the molecule is C1=CC(c2cccc3sc4c(-c5cccc(-c6cccc(-c7ccc8c9ccccc9c9ccccc9c8c7)c6)c5)nc(-c5ccccc5)nc4c23)=CCC1. The lowest BCUT2D eigenvalue weighted by Crippen LogP contribution is -1.94. The smallest absolute Gasteiger partial charge is 0.160 e. The minimum Gasteiger partial charge on any atom is -0.226 e. The van der Waals surface area contributed by atoms with Gasteiger partial charge in [0.1, 0.15) is 0 Å². The summed E-state index contributed by atoms with van der Waals surface area (Å²) in [4.78, 5) is 10.6. The van der Waals surface area contributed by atoms with E-state index in [9.17, 15) is 0 Å². The number of aromatic nitrogens is 2. The van der Waals surface area contributed by atoms with E-state index in [-0.39, 0.29) is 0 Å². The van der Waals surface area contributed by atoms with Crippen molar-refractivity contribution in [3.63, 3.8) is 0 Å². The van der Waals surface area contributed by atoms with Crippen LogP contribution in [0.15, 0.2) is 182 Å². The van der Waals surface area contributed by atoms with Crippen LogP contribution in [-0.2, 0) is 0 Å². The van der Waals surface area contributed by atoms with Gasteiger partial charge >= 0.3 is 0 Å². The van der Waals surface area contributed by atoms with Crippen molar-refractivity contribution in [3.8, 4) is 44.9 Å². The van der Waals surface area contributed by atoms with Crippen molar-refractivity contribution >= 4 is 69.5 Å². The predicted molar refractivity (Wildman–Crippen MR) is 236 cm³/mol. The number of allylic oxidation sites excluding steroid dienone is 4. The van der Waals surface area contributed by atoms with Gasteiger partial charge in [-0.15, -0.1) is 11.3 Å². The van der Waals surface area contributed by atoms with Crippen molar-refractivity contribution in [2.24, 2.45) is 0 Å². The summed E-state index contributed by atoms with van der Waals surface area (Å²) in [7, 11) is 0. The Labute approximate surface area is 323 Å². The third-order valence-electron chi connectivity index (χ3n) is 11.1. The van der Waals surface area contributed by atoms with Crippen LogP contribution in [0.1, 0.15) is 18.4 Å². The first kappa shape index (κ1) is 31.8. The zero-order chi connectivity index (χ0) is 36.3. The molecule has 55 heavy (non-hydrogen) atoms. The van der Waals surface area contributed by atoms with Gasteiger partial charge in [0, 0.05) is 21.2 Å². The molecule has 0 N–H and O–H groups in total. The van der Waals surface area contributed by atoms with Crippen LogP contribution in [0.2, 0.25) is 0 Å². The lowest BCUT2D eigenvalue weighted by atomic mass is 9.91. The monoisotopic (exact) mass is 718 g/mol. The molecular formula is C52H34N2S. The molecule has 2 nitrogen and oxygen atoms in total. The largest absolute Gasteiger partial charge is 0.226 e. The quantitative estimate of drug-likeness (QED) is 0.166. The number of rotatable bonds is 5. The summed E-state index contributed by atoms with van der Waals surface area (Å²) in [6.07, 6.45) is 9.05. The molecule has 0 bridgehead atoms. The first-order chi connectivity index (χ1) is 27.3. The average Bonchev–Trinajstić information content (AvgIpc) is 3.66. The van der Waals surface area contributed by atoms with Crippen LogP contribution in [-0.4, -0.2) is 9.97 Å². The maximum Gasteiger partial charge on any atom is 0.160 e. The molecular weight excluding hydrogens is 685 g/mol. The van der Waals surface area contributed by atoms with Crippen LogP contribution in [0.25, 0.3) is 103 Å². The molecule has 11 rings (SSSR count). The maximum atomic E-state index is 5.32. The van der Waals surface area contributed by atoms with Gasteiger partial charge in [-0.3, -0.25) is 0 Å². The Morgan fingerprint density at radius 2 is 1.02 bits per heavy atom. The van der Waals surface area contributed by atoms with Crippen molar-refractivity contribution in [2.75, 3.05) is 0 Å². The second-order valence-corrected chi connectivity index (χ2v) is 15.4. The van der Waals surface area contributed by atoms with E-state index in [1.54, 1.807) is 11.3 Å². The number of hydrogen-bond donors (Lipinski definition) is 0. The minimum absolute atomic E-state index is 0.745. The van der Waals surface area contributed by atoms with Crippen molar-refractivity contribution in [2.45, 2.75) is 12.8 Å². The third kappa shape index (κ3) is 5.39. The number of nitrogens with zero attached hydrogens (tertiary/aromatic N) is 2. The van der Waals surface area contributed by atoms with Gasteiger partial charge in [-0.1, -0.05) is 158 Å².